The Labute approximate surface area is 182 Å². The molecule has 0 spiro atoms. The summed E-state index contributed by atoms with van der Waals surface area (Å²) in [6, 6.07) is 13.0. The van der Waals surface area contributed by atoms with E-state index in [1.54, 1.807) is 30.3 Å². The van der Waals surface area contributed by atoms with Crippen LogP contribution in [0.15, 0.2) is 70.4 Å². The fourth-order valence-electron chi connectivity index (χ4n) is 3.55. The number of carbonyl (C=O) groups excluding carboxylic acids is 1. The number of aromatic amines is 1. The van der Waals surface area contributed by atoms with Crippen molar-refractivity contribution >= 4 is 16.6 Å². The third kappa shape index (κ3) is 4.69. The molecule has 1 atom stereocenters. The Hall–Kier alpha value is -3.14. The lowest BCUT2D eigenvalue weighted by molar-refractivity contribution is 0.0913. The zero-order valence-electron chi connectivity index (χ0n) is 17.0. The number of thiol groups is 1. The minimum atomic E-state index is -7.86. The number of hydrogen-bond acceptors (Lipinski definition) is 3. The van der Waals surface area contributed by atoms with Gasteiger partial charge in [-0.1, -0.05) is 49.4 Å². The maximum Gasteiger partial charge on any atom is 0.270 e. The van der Waals surface area contributed by atoms with E-state index < -0.39 is 33.1 Å². The van der Waals surface area contributed by atoms with Gasteiger partial charge in [-0.15, -0.1) is 15.5 Å². The first-order chi connectivity index (χ1) is 14.9. The molecule has 1 aromatic heterocycles. The SMILES string of the molecule is CC1([C@@H](NC(=O)c2cc(=O)[nH]c(-c3ccccc3)n2)c2ccc([SH](F)(F)(F)F)cc2)CC1. The summed E-state index contributed by atoms with van der Waals surface area (Å²) in [6.45, 7) is 1.90. The number of hydrogen-bond donors (Lipinski definition) is 3. The first-order valence-electron chi connectivity index (χ1n) is 9.89. The number of halogens is 4. The molecule has 5 nitrogen and oxygen atoms in total. The molecule has 2 N–H and O–H groups in total. The van der Waals surface area contributed by atoms with Crippen LogP contribution >= 0.6 is 10.7 Å². The second-order valence-corrected chi connectivity index (χ2v) is 10.2. The molecule has 0 aliphatic heterocycles. The summed E-state index contributed by atoms with van der Waals surface area (Å²) in [5.74, 6) is -0.396. The number of H-pyrrole nitrogens is 1. The highest BCUT2D eigenvalue weighted by Crippen LogP contribution is 2.81. The van der Waals surface area contributed by atoms with Gasteiger partial charge >= 0.3 is 0 Å². The van der Waals surface area contributed by atoms with E-state index in [1.807, 2.05) is 6.92 Å². The van der Waals surface area contributed by atoms with Gasteiger partial charge in [0, 0.05) is 11.6 Å². The molecular formula is C22H21F4N3O2S. The summed E-state index contributed by atoms with van der Waals surface area (Å²) in [4.78, 5) is 30.6. The fraction of sp³-hybridized carbons (Fsp3) is 0.227. The van der Waals surface area contributed by atoms with Gasteiger partial charge in [-0.25, -0.2) is 4.98 Å². The lowest BCUT2D eigenvalue weighted by Gasteiger charge is -2.30. The molecule has 3 aromatic rings. The molecule has 170 valence electrons. The summed E-state index contributed by atoms with van der Waals surface area (Å²) in [5.41, 5.74) is 0.0738. The smallest absolute Gasteiger partial charge is 0.270 e. The van der Waals surface area contributed by atoms with Crippen molar-refractivity contribution in [3.63, 3.8) is 0 Å². The molecule has 0 bridgehead atoms. The van der Waals surface area contributed by atoms with E-state index >= 15 is 0 Å². The van der Waals surface area contributed by atoms with Crippen LogP contribution in [0.25, 0.3) is 11.4 Å². The minimum Gasteiger partial charge on any atom is -0.343 e. The second kappa shape index (κ2) is 7.47. The van der Waals surface area contributed by atoms with Gasteiger partial charge in [0.05, 0.1) is 10.9 Å². The van der Waals surface area contributed by atoms with Crippen LogP contribution in [0.3, 0.4) is 0 Å². The quantitative estimate of drug-likeness (QED) is 0.323. The normalized spacial score (nSPS) is 17.1. The number of rotatable bonds is 6. The largest absolute Gasteiger partial charge is 0.343 e. The molecule has 0 unspecified atom stereocenters. The van der Waals surface area contributed by atoms with Crippen LogP contribution in [0.1, 0.15) is 41.9 Å². The van der Waals surface area contributed by atoms with Crippen molar-refractivity contribution in [1.82, 2.24) is 15.3 Å². The van der Waals surface area contributed by atoms with E-state index in [0.29, 0.717) is 23.3 Å². The van der Waals surface area contributed by atoms with E-state index in [0.717, 1.165) is 18.9 Å². The van der Waals surface area contributed by atoms with Crippen LogP contribution in [0, 0.1) is 5.41 Å². The number of carbonyl (C=O) groups is 1. The number of nitrogens with zero attached hydrogens (tertiary/aromatic N) is 1. The summed E-state index contributed by atoms with van der Waals surface area (Å²) in [5, 5.41) is 2.81. The monoisotopic (exact) mass is 467 g/mol. The van der Waals surface area contributed by atoms with Crippen molar-refractivity contribution in [3.05, 3.63) is 82.3 Å². The van der Waals surface area contributed by atoms with Crippen molar-refractivity contribution in [1.29, 1.82) is 0 Å². The predicted octanol–water partition coefficient (Wildman–Crippen LogP) is 5.68. The maximum atomic E-state index is 13.1. The van der Waals surface area contributed by atoms with Crippen molar-refractivity contribution in [2.75, 3.05) is 0 Å². The van der Waals surface area contributed by atoms with Gasteiger partial charge in [-0.2, -0.15) is 0 Å². The predicted molar refractivity (Wildman–Crippen MR) is 116 cm³/mol. The number of benzene rings is 2. The Morgan fingerprint density at radius 3 is 2.25 bits per heavy atom. The van der Waals surface area contributed by atoms with E-state index in [4.69, 9.17) is 0 Å². The van der Waals surface area contributed by atoms with E-state index in [2.05, 4.69) is 15.3 Å². The minimum absolute atomic E-state index is 0.108. The van der Waals surface area contributed by atoms with Gasteiger partial charge in [0.25, 0.3) is 11.5 Å². The fourth-order valence-corrected chi connectivity index (χ4v) is 4.15. The highest BCUT2D eigenvalue weighted by atomic mass is 32.4. The molecule has 1 heterocycles. The van der Waals surface area contributed by atoms with E-state index in [9.17, 15) is 25.1 Å². The van der Waals surface area contributed by atoms with Gasteiger partial charge in [0.1, 0.15) is 11.5 Å². The van der Waals surface area contributed by atoms with Gasteiger partial charge in [0.2, 0.25) is 0 Å². The molecule has 1 fully saturated rings. The summed E-state index contributed by atoms with van der Waals surface area (Å²) in [7, 11) is -7.86. The Bertz CT molecular complexity index is 1210. The molecule has 1 aliphatic rings. The number of nitrogens with one attached hydrogen (secondary N) is 2. The molecule has 0 radical (unpaired) electrons. The number of amides is 1. The molecule has 1 amide bonds. The summed E-state index contributed by atoms with van der Waals surface area (Å²) >= 11 is 0. The topological polar surface area (TPSA) is 74.8 Å². The molecule has 1 saturated carbocycles. The highest BCUT2D eigenvalue weighted by molar-refractivity contribution is 8.33. The Morgan fingerprint density at radius 1 is 1.06 bits per heavy atom. The van der Waals surface area contributed by atoms with Crippen molar-refractivity contribution in [3.8, 4) is 11.4 Å². The zero-order valence-corrected chi connectivity index (χ0v) is 17.9. The van der Waals surface area contributed by atoms with Crippen LogP contribution in [0.2, 0.25) is 0 Å². The molecule has 1 aliphatic carbocycles. The third-order valence-corrected chi connectivity index (χ3v) is 6.73. The van der Waals surface area contributed by atoms with Crippen LogP contribution in [0.5, 0.6) is 0 Å². The molecule has 32 heavy (non-hydrogen) atoms. The van der Waals surface area contributed by atoms with Crippen molar-refractivity contribution < 1.29 is 20.3 Å². The zero-order chi connectivity index (χ0) is 23.2. The van der Waals surface area contributed by atoms with Gasteiger partial charge < -0.3 is 10.3 Å². The molecule has 4 rings (SSSR count). The first-order valence-corrected chi connectivity index (χ1v) is 11.7. The molecule has 0 saturated heterocycles. The van der Waals surface area contributed by atoms with Gasteiger partial charge in [0.15, 0.2) is 10.7 Å². The molecular weight excluding hydrogens is 446 g/mol. The first kappa shape index (κ1) is 22.1. The summed E-state index contributed by atoms with van der Waals surface area (Å²) in [6.07, 6.45) is 1.52. The Kier molecular flexibility index (Phi) is 5.15. The molecule has 2 aromatic carbocycles. The van der Waals surface area contributed by atoms with Gasteiger partial charge in [-0.3, -0.25) is 9.59 Å². The number of aromatic nitrogens is 2. The molecule has 10 heteroatoms. The van der Waals surface area contributed by atoms with Crippen LogP contribution in [0.4, 0.5) is 15.5 Å². The highest BCUT2D eigenvalue weighted by Gasteiger charge is 2.47. The van der Waals surface area contributed by atoms with Crippen molar-refractivity contribution in [2.45, 2.75) is 30.7 Å². The average molecular weight is 467 g/mol. The average Bonchev–Trinajstić information content (AvgIpc) is 3.49. The van der Waals surface area contributed by atoms with Crippen molar-refractivity contribution in [2.24, 2.45) is 5.41 Å². The Morgan fingerprint density at radius 2 is 1.69 bits per heavy atom. The summed E-state index contributed by atoms with van der Waals surface area (Å²) < 4.78 is 52.2. The van der Waals surface area contributed by atoms with Crippen LogP contribution in [-0.4, -0.2) is 15.9 Å². The standard InChI is InChI=1S/C22H21F4N3O2S/c1-22(11-12-22)19(14-7-9-16(10-8-14)32(23,24,25)26)29-21(31)17-13-18(30)28-20(27-17)15-5-3-2-4-6-15/h2-10,13,19,32H,11-12H2,1H3,(H,29,31)(H,27,28,30)/t19-/m0/s1. The van der Waals surface area contributed by atoms with Crippen LogP contribution in [-0.2, 0) is 0 Å². The van der Waals surface area contributed by atoms with E-state index in [1.165, 1.54) is 12.1 Å². The maximum absolute atomic E-state index is 13.1. The van der Waals surface area contributed by atoms with Gasteiger partial charge in [-0.05, 0) is 36.0 Å². The lowest BCUT2D eigenvalue weighted by Crippen LogP contribution is -2.34. The lowest BCUT2D eigenvalue weighted by atomic mass is 9.91. The second-order valence-electron chi connectivity index (χ2n) is 8.22. The Balaban J connectivity index is 1.63. The third-order valence-electron chi connectivity index (χ3n) is 5.65. The van der Waals surface area contributed by atoms with E-state index in [-0.39, 0.29) is 16.9 Å². The van der Waals surface area contributed by atoms with Crippen LogP contribution < -0.4 is 10.9 Å².